The Morgan fingerprint density at radius 1 is 0.562 bits per heavy atom. The first-order valence-electron chi connectivity index (χ1n) is 12.0. The van der Waals surface area contributed by atoms with E-state index >= 15 is 0 Å². The second-order valence-electron chi connectivity index (χ2n) is 13.8. The van der Waals surface area contributed by atoms with Gasteiger partial charge in [0.1, 0.15) is 18.3 Å². The molecule has 0 radical (unpaired) electrons. The van der Waals surface area contributed by atoms with Gasteiger partial charge < -0.3 is 26.9 Å². The largest absolute Gasteiger partial charge is 0.415 e. The molecule has 1 aliphatic heterocycles. The molecule has 1 fully saturated rings. The molecule has 0 spiro atoms. The van der Waals surface area contributed by atoms with E-state index in [0.717, 1.165) is 0 Å². The van der Waals surface area contributed by atoms with Gasteiger partial charge in [0.25, 0.3) is 0 Å². The Morgan fingerprint density at radius 2 is 1.00 bits per heavy atom. The first-order chi connectivity index (χ1) is 14.0. The summed E-state index contributed by atoms with van der Waals surface area (Å²) in [6.45, 7) is 33.6. The summed E-state index contributed by atoms with van der Waals surface area (Å²) in [4.78, 5) is 0. The minimum atomic E-state index is -1.90. The fourth-order valence-electron chi connectivity index (χ4n) is 3.45. The first-order valence-corrected chi connectivity index (χ1v) is 29.0. The Labute approximate surface area is 203 Å². The molecular formula is C21H52O6Si5. The van der Waals surface area contributed by atoms with E-state index in [4.69, 9.17) is 26.9 Å². The molecule has 0 aromatic rings. The topological polar surface area (TPSA) is 55.4 Å². The molecule has 192 valence electrons. The molecule has 0 aromatic carbocycles. The van der Waals surface area contributed by atoms with E-state index in [2.05, 4.69) is 98.2 Å². The minimum Gasteiger partial charge on any atom is -0.415 e. The van der Waals surface area contributed by atoms with Gasteiger partial charge in [-0.1, -0.05) is 0 Å². The molecule has 0 N–H and O–H groups in total. The molecule has 0 aliphatic carbocycles. The molecule has 1 rings (SSSR count). The quantitative estimate of drug-likeness (QED) is 0.280. The zero-order valence-electron chi connectivity index (χ0n) is 23.5. The zero-order valence-corrected chi connectivity index (χ0v) is 28.5. The number of hydrogen-bond donors (Lipinski definition) is 0. The maximum atomic E-state index is 6.78. The number of ether oxygens (including phenoxy) is 1. The van der Waals surface area contributed by atoms with E-state index in [1.54, 1.807) is 0 Å². The van der Waals surface area contributed by atoms with Crippen LogP contribution in [-0.4, -0.2) is 78.9 Å². The zero-order chi connectivity index (χ0) is 25.3. The summed E-state index contributed by atoms with van der Waals surface area (Å²) < 4.78 is 39.7. The van der Waals surface area contributed by atoms with Crippen molar-refractivity contribution in [2.24, 2.45) is 0 Å². The fraction of sp³-hybridized carbons (Fsp3) is 1.00. The summed E-state index contributed by atoms with van der Waals surface area (Å²) in [7, 11) is -9.25. The highest BCUT2D eigenvalue weighted by molar-refractivity contribution is 6.71. The van der Waals surface area contributed by atoms with Crippen LogP contribution in [0.15, 0.2) is 0 Å². The van der Waals surface area contributed by atoms with Crippen LogP contribution >= 0.6 is 0 Å². The lowest BCUT2D eigenvalue weighted by molar-refractivity contribution is -0.134. The summed E-state index contributed by atoms with van der Waals surface area (Å²) in [5.41, 5.74) is 0. The van der Waals surface area contributed by atoms with Crippen molar-refractivity contribution in [2.75, 3.05) is 6.61 Å². The third-order valence-corrected chi connectivity index (χ3v) is 9.15. The van der Waals surface area contributed by atoms with Crippen molar-refractivity contribution in [3.63, 3.8) is 0 Å². The second-order valence-corrected chi connectivity index (χ2v) is 36.1. The third-order valence-electron chi connectivity index (χ3n) is 4.21. The van der Waals surface area contributed by atoms with Gasteiger partial charge in [0, 0.05) is 0 Å². The second kappa shape index (κ2) is 10.8. The van der Waals surface area contributed by atoms with Crippen LogP contribution in [0.2, 0.25) is 98.2 Å². The molecule has 32 heavy (non-hydrogen) atoms. The van der Waals surface area contributed by atoms with Gasteiger partial charge >= 0.3 is 0 Å². The van der Waals surface area contributed by atoms with Crippen molar-refractivity contribution in [1.82, 2.24) is 0 Å². The van der Waals surface area contributed by atoms with Crippen molar-refractivity contribution < 1.29 is 26.9 Å². The molecular weight excluding hydrogens is 489 g/mol. The number of hydrogen-bond acceptors (Lipinski definition) is 6. The van der Waals surface area contributed by atoms with Gasteiger partial charge in [-0.05, 0) is 98.2 Å². The van der Waals surface area contributed by atoms with Crippen molar-refractivity contribution >= 4 is 41.6 Å². The average molecular weight is 541 g/mol. The van der Waals surface area contributed by atoms with E-state index in [1.807, 2.05) is 0 Å². The monoisotopic (exact) mass is 540 g/mol. The Balaban J connectivity index is 3.41. The van der Waals surface area contributed by atoms with Gasteiger partial charge in [-0.25, -0.2) is 0 Å². The predicted octanol–water partition coefficient (Wildman–Crippen LogP) is 6.07. The first kappa shape index (κ1) is 30.9. The number of rotatable bonds is 12. The highest BCUT2D eigenvalue weighted by atomic mass is 28.4. The Kier molecular flexibility index (Phi) is 10.5. The summed E-state index contributed by atoms with van der Waals surface area (Å²) in [5.74, 6) is 0. The van der Waals surface area contributed by atoms with E-state index < -0.39 is 47.9 Å². The fourth-order valence-corrected chi connectivity index (χ4v) is 8.26. The molecule has 6 nitrogen and oxygen atoms in total. The maximum Gasteiger partial charge on any atom is 0.187 e. The molecule has 1 heterocycles. The van der Waals surface area contributed by atoms with E-state index in [9.17, 15) is 0 Å². The van der Waals surface area contributed by atoms with Crippen LogP contribution < -0.4 is 0 Å². The SMILES string of the molecule is C[Si](C)(C)OC[C@H](O[Si](C)(C)C)[C@@H]1O[C@@H](O[Si](C)(C)C)[C@H](O[Si](C)(C)C)[C@H]1O[Si](C)(C)C. The maximum absolute atomic E-state index is 6.78. The van der Waals surface area contributed by atoms with Crippen LogP contribution in [0.25, 0.3) is 0 Å². The minimum absolute atomic E-state index is 0.210. The van der Waals surface area contributed by atoms with Crippen molar-refractivity contribution in [3.05, 3.63) is 0 Å². The summed E-state index contributed by atoms with van der Waals surface area (Å²) in [5, 5.41) is 0. The molecule has 1 saturated heterocycles. The third kappa shape index (κ3) is 12.5. The van der Waals surface area contributed by atoms with Gasteiger partial charge in [-0.3, -0.25) is 0 Å². The highest BCUT2D eigenvalue weighted by Crippen LogP contribution is 2.36. The summed E-state index contributed by atoms with van der Waals surface area (Å²) in [6, 6.07) is 0. The Bertz CT molecular complexity index is 586. The smallest absolute Gasteiger partial charge is 0.187 e. The molecule has 0 amide bonds. The standard InChI is InChI=1S/C21H52O6Si5/c1-28(2,3)22-16-17(24-29(4,5)6)18-19(25-30(7,8)9)20(26-31(10,11)12)21(23-18)27-32(13,14)15/h17-21H,16H2,1-15H3/t17-,18-,19-,20+,21-/m0/s1. The molecule has 0 aromatic heterocycles. The molecule has 0 saturated carbocycles. The van der Waals surface area contributed by atoms with Crippen LogP contribution in [0, 0.1) is 0 Å². The normalized spacial score (nSPS) is 27.1. The highest BCUT2D eigenvalue weighted by Gasteiger charge is 2.54. The molecule has 11 heteroatoms. The van der Waals surface area contributed by atoms with Crippen LogP contribution in [0.1, 0.15) is 0 Å². The van der Waals surface area contributed by atoms with Crippen LogP contribution in [-0.2, 0) is 26.9 Å². The van der Waals surface area contributed by atoms with E-state index in [1.165, 1.54) is 0 Å². The van der Waals surface area contributed by atoms with Gasteiger partial charge in [0.05, 0.1) is 12.7 Å². The van der Waals surface area contributed by atoms with Crippen LogP contribution in [0.5, 0.6) is 0 Å². The van der Waals surface area contributed by atoms with E-state index in [0.29, 0.717) is 6.61 Å². The average Bonchev–Trinajstić information content (AvgIpc) is 2.74. The lowest BCUT2D eigenvalue weighted by Gasteiger charge is -2.38. The van der Waals surface area contributed by atoms with Gasteiger partial charge in [-0.15, -0.1) is 0 Å². The summed E-state index contributed by atoms with van der Waals surface area (Å²) >= 11 is 0. The molecule has 0 unspecified atom stereocenters. The molecule has 5 atom stereocenters. The predicted molar refractivity (Wildman–Crippen MR) is 147 cm³/mol. The van der Waals surface area contributed by atoms with Gasteiger partial charge in [0.2, 0.25) is 0 Å². The van der Waals surface area contributed by atoms with Crippen LogP contribution in [0.4, 0.5) is 0 Å². The molecule has 0 bridgehead atoms. The van der Waals surface area contributed by atoms with Gasteiger partial charge in [0.15, 0.2) is 47.9 Å². The lowest BCUT2D eigenvalue weighted by atomic mass is 10.1. The van der Waals surface area contributed by atoms with Crippen molar-refractivity contribution in [2.45, 2.75) is 129 Å². The van der Waals surface area contributed by atoms with Crippen molar-refractivity contribution in [3.8, 4) is 0 Å². The lowest BCUT2D eigenvalue weighted by Crippen LogP contribution is -2.53. The Morgan fingerprint density at radius 3 is 1.38 bits per heavy atom. The van der Waals surface area contributed by atoms with Gasteiger partial charge in [-0.2, -0.15) is 0 Å². The van der Waals surface area contributed by atoms with E-state index in [-0.39, 0.29) is 24.4 Å². The van der Waals surface area contributed by atoms with Crippen LogP contribution in [0.3, 0.4) is 0 Å². The Hall–Kier alpha value is 0.844. The van der Waals surface area contributed by atoms with Crippen molar-refractivity contribution in [1.29, 1.82) is 0 Å². The molecule has 1 aliphatic rings. The summed E-state index contributed by atoms with van der Waals surface area (Å²) in [6.07, 6.45) is -1.43.